The molecule has 0 atom stereocenters. The molecule has 0 unspecified atom stereocenters. The smallest absolute Gasteiger partial charge is 0.193 e. The predicted molar refractivity (Wildman–Crippen MR) is 182 cm³/mol. The minimum Gasteiger partial charge on any atom is -0.295 e. The van der Waals surface area contributed by atoms with E-state index in [1.165, 1.54) is 0 Å². The summed E-state index contributed by atoms with van der Waals surface area (Å²) in [5.74, 6) is 0.317. The average molecular weight is 579 g/mol. The molecule has 0 saturated heterocycles. The molecule has 6 aromatic rings. The van der Waals surface area contributed by atoms with Gasteiger partial charge in [0.05, 0.1) is 0 Å². The van der Waals surface area contributed by atoms with Gasteiger partial charge in [-0.3, -0.25) is 14.4 Å². The second-order valence-corrected chi connectivity index (χ2v) is 9.21. The largest absolute Gasteiger partial charge is 0.295 e. The maximum atomic E-state index is 11.8. The Balaban J connectivity index is 0.000000200. The Hall–Kier alpha value is -5.67. The van der Waals surface area contributed by atoms with Gasteiger partial charge in [0.2, 0.25) is 0 Å². The molecule has 0 spiro atoms. The third kappa shape index (κ3) is 15.4. The molecule has 6 aromatic carbocycles. The minimum atomic E-state index is 0.0752. The Bertz CT molecular complexity index is 1390. The van der Waals surface area contributed by atoms with Crippen LogP contribution in [-0.4, -0.2) is 17.3 Å². The normalized spacial score (nSPS) is 8.95. The van der Waals surface area contributed by atoms with Crippen LogP contribution in [0.1, 0.15) is 50.5 Å². The lowest BCUT2D eigenvalue weighted by atomic mass is 10.0. The molecule has 3 heteroatoms. The highest BCUT2D eigenvalue weighted by atomic mass is 16.1. The zero-order valence-electron chi connectivity index (χ0n) is 25.2. The SMILES string of the molecule is CC(=O)c1ccccc1.CC(=O)c1ccccc1.O=C(c1ccccc1)c1ccccc1.c1ccccc1.c1ccccc1. The Morgan fingerprint density at radius 3 is 0.591 bits per heavy atom. The van der Waals surface area contributed by atoms with Crippen LogP contribution < -0.4 is 0 Å². The quantitative estimate of drug-likeness (QED) is 0.196. The van der Waals surface area contributed by atoms with Gasteiger partial charge < -0.3 is 0 Å². The van der Waals surface area contributed by atoms with Crippen LogP contribution >= 0.6 is 0 Å². The van der Waals surface area contributed by atoms with Gasteiger partial charge in [-0.2, -0.15) is 0 Å². The molecule has 0 aliphatic heterocycles. The van der Waals surface area contributed by atoms with Gasteiger partial charge in [0, 0.05) is 22.3 Å². The fraction of sp³-hybridized carbons (Fsp3) is 0.0488. The Kier molecular flexibility index (Phi) is 17.3. The van der Waals surface area contributed by atoms with Crippen LogP contribution in [0.5, 0.6) is 0 Å². The first-order valence-corrected chi connectivity index (χ1v) is 14.3. The summed E-state index contributed by atoms with van der Waals surface area (Å²) in [6.07, 6.45) is 0. The van der Waals surface area contributed by atoms with Crippen LogP contribution in [0, 0.1) is 0 Å². The number of carbonyl (C=O) groups is 3. The summed E-state index contributed by atoms with van der Waals surface area (Å²) in [6.45, 7) is 3.13. The standard InChI is InChI=1S/C13H10O.2C8H8O.2C6H6/c14-13(11-7-3-1-4-8-11)12-9-5-2-6-10-12;2*1-7(9)8-5-3-2-4-6-8;2*1-2-4-6-5-3-1/h1-10H;2*2-6H,1H3;2*1-6H. The number of Topliss-reactive ketones (excluding diaryl/α,β-unsaturated/α-hetero) is 2. The van der Waals surface area contributed by atoms with Gasteiger partial charge in [-0.15, -0.1) is 0 Å². The maximum Gasteiger partial charge on any atom is 0.193 e. The second-order valence-electron chi connectivity index (χ2n) is 9.21. The van der Waals surface area contributed by atoms with Gasteiger partial charge in [-0.05, 0) is 13.8 Å². The minimum absolute atomic E-state index is 0.0752. The number of rotatable bonds is 4. The zero-order valence-corrected chi connectivity index (χ0v) is 25.2. The molecule has 0 N–H and O–H groups in total. The van der Waals surface area contributed by atoms with E-state index in [1.807, 2.05) is 194 Å². The third-order valence-corrected chi connectivity index (χ3v) is 5.77. The van der Waals surface area contributed by atoms with Crippen molar-refractivity contribution in [3.8, 4) is 0 Å². The van der Waals surface area contributed by atoms with Crippen molar-refractivity contribution in [1.29, 1.82) is 0 Å². The highest BCUT2D eigenvalue weighted by Gasteiger charge is 2.06. The maximum absolute atomic E-state index is 11.8. The van der Waals surface area contributed by atoms with Crippen LogP contribution in [0.4, 0.5) is 0 Å². The molecule has 0 fully saturated rings. The van der Waals surface area contributed by atoms with Crippen LogP contribution in [0.3, 0.4) is 0 Å². The molecular formula is C41H38O3. The number of hydrogen-bond donors (Lipinski definition) is 0. The predicted octanol–water partition coefficient (Wildman–Crippen LogP) is 10.1. The Labute approximate surface area is 261 Å². The van der Waals surface area contributed by atoms with Crippen molar-refractivity contribution in [2.24, 2.45) is 0 Å². The molecule has 0 radical (unpaired) electrons. The van der Waals surface area contributed by atoms with E-state index in [2.05, 4.69) is 0 Å². The summed E-state index contributed by atoms with van der Waals surface area (Å²) in [6, 6.07) is 61.1. The molecule has 0 aromatic heterocycles. The van der Waals surface area contributed by atoms with Crippen LogP contribution in [-0.2, 0) is 0 Å². The molecule has 0 aliphatic rings. The summed E-state index contributed by atoms with van der Waals surface area (Å²) >= 11 is 0. The lowest BCUT2D eigenvalue weighted by Crippen LogP contribution is -1.99. The molecule has 0 amide bonds. The lowest BCUT2D eigenvalue weighted by molar-refractivity contribution is 0.100. The van der Waals surface area contributed by atoms with Crippen molar-refractivity contribution in [3.63, 3.8) is 0 Å². The summed E-state index contributed by atoms with van der Waals surface area (Å²) in [5, 5.41) is 0. The van der Waals surface area contributed by atoms with Crippen molar-refractivity contribution in [2.45, 2.75) is 13.8 Å². The Morgan fingerprint density at radius 1 is 0.273 bits per heavy atom. The van der Waals surface area contributed by atoms with Crippen molar-refractivity contribution in [3.05, 3.63) is 216 Å². The molecular weight excluding hydrogens is 540 g/mol. The van der Waals surface area contributed by atoms with Gasteiger partial charge in [0.15, 0.2) is 17.3 Å². The monoisotopic (exact) mass is 578 g/mol. The molecule has 0 aliphatic carbocycles. The third-order valence-electron chi connectivity index (χ3n) is 5.77. The topological polar surface area (TPSA) is 51.2 Å². The van der Waals surface area contributed by atoms with Gasteiger partial charge in [0.25, 0.3) is 0 Å². The van der Waals surface area contributed by atoms with E-state index >= 15 is 0 Å². The summed E-state index contributed by atoms with van der Waals surface area (Å²) in [4.78, 5) is 33.1. The van der Waals surface area contributed by atoms with Gasteiger partial charge in [-0.25, -0.2) is 0 Å². The van der Waals surface area contributed by atoms with Crippen molar-refractivity contribution >= 4 is 17.3 Å². The molecule has 220 valence electrons. The van der Waals surface area contributed by atoms with Crippen LogP contribution in [0.15, 0.2) is 194 Å². The molecule has 3 nitrogen and oxygen atoms in total. The van der Waals surface area contributed by atoms with E-state index in [-0.39, 0.29) is 17.3 Å². The number of ketones is 3. The molecule has 6 rings (SSSR count). The summed E-state index contributed by atoms with van der Waals surface area (Å²) < 4.78 is 0. The highest BCUT2D eigenvalue weighted by Crippen LogP contribution is 2.08. The zero-order chi connectivity index (χ0) is 31.7. The van der Waals surface area contributed by atoms with Crippen LogP contribution in [0.2, 0.25) is 0 Å². The molecule has 0 heterocycles. The summed E-state index contributed by atoms with van der Waals surface area (Å²) in [5.41, 5.74) is 3.02. The number of benzene rings is 6. The van der Waals surface area contributed by atoms with Crippen molar-refractivity contribution in [2.75, 3.05) is 0 Å². The molecule has 0 saturated carbocycles. The fourth-order valence-electron chi connectivity index (χ4n) is 3.46. The van der Waals surface area contributed by atoms with Crippen LogP contribution in [0.25, 0.3) is 0 Å². The van der Waals surface area contributed by atoms with E-state index in [0.717, 1.165) is 22.3 Å². The molecule has 44 heavy (non-hydrogen) atoms. The van der Waals surface area contributed by atoms with E-state index in [1.54, 1.807) is 13.8 Å². The first kappa shape index (κ1) is 34.5. The van der Waals surface area contributed by atoms with Gasteiger partial charge in [0.1, 0.15) is 0 Å². The number of carbonyl (C=O) groups excluding carboxylic acids is 3. The second kappa shape index (κ2) is 22.0. The first-order chi connectivity index (χ1) is 21.5. The van der Waals surface area contributed by atoms with Gasteiger partial charge >= 0.3 is 0 Å². The highest BCUT2D eigenvalue weighted by molar-refractivity contribution is 6.08. The molecule has 0 bridgehead atoms. The van der Waals surface area contributed by atoms with Crippen molar-refractivity contribution in [1.82, 2.24) is 0 Å². The van der Waals surface area contributed by atoms with Gasteiger partial charge in [-0.1, -0.05) is 194 Å². The Morgan fingerprint density at radius 2 is 0.432 bits per heavy atom. The number of hydrogen-bond acceptors (Lipinski definition) is 3. The fourth-order valence-corrected chi connectivity index (χ4v) is 3.46. The van der Waals surface area contributed by atoms with Crippen molar-refractivity contribution < 1.29 is 14.4 Å². The summed E-state index contributed by atoms with van der Waals surface area (Å²) in [7, 11) is 0. The lowest BCUT2D eigenvalue weighted by Gasteiger charge is -1.99. The van der Waals surface area contributed by atoms with E-state index in [4.69, 9.17) is 0 Å². The average Bonchev–Trinajstić information content (AvgIpc) is 3.12. The first-order valence-electron chi connectivity index (χ1n) is 14.3. The van der Waals surface area contributed by atoms with E-state index < -0.39 is 0 Å². The van der Waals surface area contributed by atoms with E-state index in [9.17, 15) is 14.4 Å². The van der Waals surface area contributed by atoms with E-state index in [0.29, 0.717) is 0 Å².